The Labute approximate surface area is 113 Å². The lowest BCUT2D eigenvalue weighted by molar-refractivity contribution is -0.116. The van der Waals surface area contributed by atoms with Crippen molar-refractivity contribution < 1.29 is 14.3 Å². The molecule has 1 fully saturated rings. The molecule has 0 spiro atoms. The first-order valence-electron chi connectivity index (χ1n) is 6.57. The number of anilines is 1. The van der Waals surface area contributed by atoms with E-state index in [-0.39, 0.29) is 12.0 Å². The van der Waals surface area contributed by atoms with E-state index >= 15 is 0 Å². The van der Waals surface area contributed by atoms with Crippen molar-refractivity contribution >= 4 is 11.6 Å². The van der Waals surface area contributed by atoms with E-state index in [4.69, 9.17) is 9.47 Å². The first-order valence-corrected chi connectivity index (χ1v) is 6.57. The van der Waals surface area contributed by atoms with Gasteiger partial charge in [0.2, 0.25) is 5.91 Å². The second kappa shape index (κ2) is 7.11. The van der Waals surface area contributed by atoms with Gasteiger partial charge in [0.25, 0.3) is 0 Å². The van der Waals surface area contributed by atoms with Gasteiger partial charge in [0.15, 0.2) is 0 Å². The van der Waals surface area contributed by atoms with E-state index in [0.29, 0.717) is 19.6 Å². The quantitative estimate of drug-likeness (QED) is 0.815. The summed E-state index contributed by atoms with van der Waals surface area (Å²) in [5.41, 5.74) is 0.788. The predicted octanol–water partition coefficient (Wildman–Crippen LogP) is 1.40. The fourth-order valence-corrected chi connectivity index (χ4v) is 1.88. The summed E-state index contributed by atoms with van der Waals surface area (Å²) in [6.07, 6.45) is 1.55. The van der Waals surface area contributed by atoms with Crippen LogP contribution < -0.4 is 15.4 Å². The van der Waals surface area contributed by atoms with Crippen LogP contribution in [0, 0.1) is 0 Å². The fraction of sp³-hybridized carbons (Fsp3) is 0.500. The Morgan fingerprint density at radius 2 is 2.21 bits per heavy atom. The van der Waals surface area contributed by atoms with Gasteiger partial charge >= 0.3 is 0 Å². The molecule has 5 nitrogen and oxygen atoms in total. The summed E-state index contributed by atoms with van der Waals surface area (Å²) in [4.78, 5) is 11.5. The van der Waals surface area contributed by atoms with E-state index in [9.17, 15) is 4.79 Å². The minimum atomic E-state index is 0.00668. The van der Waals surface area contributed by atoms with E-state index in [0.717, 1.165) is 24.5 Å². The lowest BCUT2D eigenvalue weighted by atomic mass is 10.2. The molecule has 104 valence electrons. The maximum atomic E-state index is 11.5. The van der Waals surface area contributed by atoms with Crippen LogP contribution in [0.4, 0.5) is 5.69 Å². The van der Waals surface area contributed by atoms with E-state index in [1.54, 1.807) is 0 Å². The molecule has 0 radical (unpaired) electrons. The smallest absolute Gasteiger partial charge is 0.225 e. The second-order valence-corrected chi connectivity index (χ2v) is 4.53. The maximum Gasteiger partial charge on any atom is 0.225 e. The summed E-state index contributed by atoms with van der Waals surface area (Å²) in [7, 11) is 1.83. The number of hydrogen-bond acceptors (Lipinski definition) is 4. The standard InChI is InChI=1S/C14H20N2O3/c1-15-8-6-14(17)16-11-2-4-12(5-3-11)19-13-7-9-18-10-13/h2-5,13,15H,6-10H2,1H3,(H,16,17). The van der Waals surface area contributed by atoms with Gasteiger partial charge in [-0.2, -0.15) is 0 Å². The van der Waals surface area contributed by atoms with Crippen molar-refractivity contribution in [3.8, 4) is 5.75 Å². The first kappa shape index (κ1) is 13.8. The van der Waals surface area contributed by atoms with Crippen LogP contribution in [0.25, 0.3) is 0 Å². The van der Waals surface area contributed by atoms with Gasteiger partial charge in [-0.3, -0.25) is 4.79 Å². The molecular formula is C14H20N2O3. The van der Waals surface area contributed by atoms with E-state index in [1.807, 2.05) is 31.3 Å². The van der Waals surface area contributed by atoms with Gasteiger partial charge in [-0.15, -0.1) is 0 Å². The van der Waals surface area contributed by atoms with Crippen LogP contribution in [0.3, 0.4) is 0 Å². The van der Waals surface area contributed by atoms with E-state index < -0.39 is 0 Å². The molecule has 19 heavy (non-hydrogen) atoms. The molecule has 0 aromatic heterocycles. The summed E-state index contributed by atoms with van der Waals surface area (Å²) in [5, 5.41) is 5.78. The van der Waals surface area contributed by atoms with Crippen molar-refractivity contribution in [3.05, 3.63) is 24.3 Å². The Kier molecular flexibility index (Phi) is 5.18. The summed E-state index contributed by atoms with van der Waals surface area (Å²) in [6, 6.07) is 7.43. The molecule has 1 unspecified atom stereocenters. The highest BCUT2D eigenvalue weighted by Crippen LogP contribution is 2.19. The van der Waals surface area contributed by atoms with Gasteiger partial charge < -0.3 is 20.1 Å². The molecule has 1 aliphatic rings. The largest absolute Gasteiger partial charge is 0.488 e. The number of hydrogen-bond donors (Lipinski definition) is 2. The monoisotopic (exact) mass is 264 g/mol. The lowest BCUT2D eigenvalue weighted by Crippen LogP contribution is -2.18. The number of carbonyl (C=O) groups excluding carboxylic acids is 1. The third-order valence-corrected chi connectivity index (χ3v) is 2.93. The van der Waals surface area contributed by atoms with Crippen LogP contribution >= 0.6 is 0 Å². The van der Waals surface area contributed by atoms with Crippen LogP contribution in [-0.2, 0) is 9.53 Å². The number of nitrogens with one attached hydrogen (secondary N) is 2. The van der Waals surface area contributed by atoms with Crippen molar-refractivity contribution in [2.45, 2.75) is 18.9 Å². The van der Waals surface area contributed by atoms with Gasteiger partial charge in [-0.1, -0.05) is 0 Å². The minimum Gasteiger partial charge on any atom is -0.488 e. The molecule has 0 bridgehead atoms. The van der Waals surface area contributed by atoms with E-state index in [1.165, 1.54) is 0 Å². The highest BCUT2D eigenvalue weighted by molar-refractivity contribution is 5.90. The molecule has 2 rings (SSSR count). The number of ether oxygens (including phenoxy) is 2. The highest BCUT2D eigenvalue weighted by atomic mass is 16.5. The molecule has 1 aromatic rings. The average Bonchev–Trinajstić information content (AvgIpc) is 2.91. The molecule has 2 N–H and O–H groups in total. The molecule has 1 saturated heterocycles. The predicted molar refractivity (Wildman–Crippen MR) is 73.5 cm³/mol. The molecule has 0 aliphatic carbocycles. The Bertz CT molecular complexity index is 400. The zero-order valence-electron chi connectivity index (χ0n) is 11.1. The first-order chi connectivity index (χ1) is 9.28. The Morgan fingerprint density at radius 1 is 1.42 bits per heavy atom. The lowest BCUT2D eigenvalue weighted by Gasteiger charge is -2.12. The molecule has 5 heteroatoms. The number of rotatable bonds is 6. The maximum absolute atomic E-state index is 11.5. The SMILES string of the molecule is CNCCC(=O)Nc1ccc(OC2CCOC2)cc1. The Balaban J connectivity index is 1.82. The summed E-state index contributed by atoms with van der Waals surface area (Å²) < 4.78 is 11.0. The van der Waals surface area contributed by atoms with E-state index in [2.05, 4.69) is 10.6 Å². The molecule has 1 heterocycles. The van der Waals surface area contributed by atoms with Gasteiger partial charge in [0, 0.05) is 25.1 Å². The highest BCUT2D eigenvalue weighted by Gasteiger charge is 2.16. The van der Waals surface area contributed by atoms with Crippen molar-refractivity contribution in [3.63, 3.8) is 0 Å². The van der Waals surface area contributed by atoms with Gasteiger partial charge in [-0.05, 0) is 31.3 Å². The minimum absolute atomic E-state index is 0.00668. The van der Waals surface area contributed by atoms with Crippen molar-refractivity contribution in [2.24, 2.45) is 0 Å². The average molecular weight is 264 g/mol. The van der Waals surface area contributed by atoms with Crippen LogP contribution in [0.2, 0.25) is 0 Å². The van der Waals surface area contributed by atoms with Gasteiger partial charge in [0.05, 0.1) is 13.2 Å². The second-order valence-electron chi connectivity index (χ2n) is 4.53. The third kappa shape index (κ3) is 4.54. The van der Waals surface area contributed by atoms with Crippen LogP contribution in [-0.4, -0.2) is 38.8 Å². The fourth-order valence-electron chi connectivity index (χ4n) is 1.88. The summed E-state index contributed by atoms with van der Waals surface area (Å²) in [6.45, 7) is 2.10. The molecule has 0 saturated carbocycles. The van der Waals surface area contributed by atoms with Crippen molar-refractivity contribution in [1.29, 1.82) is 0 Å². The Hall–Kier alpha value is -1.59. The van der Waals surface area contributed by atoms with Gasteiger partial charge in [0.1, 0.15) is 11.9 Å². The summed E-state index contributed by atoms with van der Waals surface area (Å²) >= 11 is 0. The number of carbonyl (C=O) groups is 1. The van der Waals surface area contributed by atoms with Crippen LogP contribution in [0.5, 0.6) is 5.75 Å². The molecule has 1 aliphatic heterocycles. The van der Waals surface area contributed by atoms with Crippen LogP contribution in [0.15, 0.2) is 24.3 Å². The molecular weight excluding hydrogens is 244 g/mol. The Morgan fingerprint density at radius 3 is 2.84 bits per heavy atom. The number of amides is 1. The topological polar surface area (TPSA) is 59.6 Å². The summed E-state index contributed by atoms with van der Waals surface area (Å²) in [5.74, 6) is 0.816. The van der Waals surface area contributed by atoms with Crippen molar-refractivity contribution in [1.82, 2.24) is 5.32 Å². The zero-order chi connectivity index (χ0) is 13.5. The normalized spacial score (nSPS) is 18.3. The van der Waals surface area contributed by atoms with Crippen molar-refractivity contribution in [2.75, 3.05) is 32.1 Å². The zero-order valence-corrected chi connectivity index (χ0v) is 11.1. The van der Waals surface area contributed by atoms with Crippen LogP contribution in [0.1, 0.15) is 12.8 Å². The third-order valence-electron chi connectivity index (χ3n) is 2.93. The van der Waals surface area contributed by atoms with Gasteiger partial charge in [-0.25, -0.2) is 0 Å². The molecule has 1 aromatic carbocycles. The molecule has 1 atom stereocenters. The molecule has 1 amide bonds. The number of benzene rings is 1.